The molecule has 0 amide bonds. The van der Waals surface area contributed by atoms with Gasteiger partial charge in [0, 0.05) is 0 Å². The number of carbonyl (C=O) groups is 1. The molecule has 5 atom stereocenters. The Morgan fingerprint density at radius 1 is 1.32 bits per heavy atom. The van der Waals surface area contributed by atoms with E-state index < -0.39 is 17.6 Å². The molecule has 0 saturated heterocycles. The summed E-state index contributed by atoms with van der Waals surface area (Å²) in [5.74, 6) is -0.396. The van der Waals surface area contributed by atoms with E-state index in [2.05, 4.69) is 13.5 Å². The zero-order valence-electron chi connectivity index (χ0n) is 12.0. The summed E-state index contributed by atoms with van der Waals surface area (Å²) in [6, 6.07) is 0. The maximum Gasteiger partial charge on any atom is 0.314 e. The van der Waals surface area contributed by atoms with Crippen molar-refractivity contribution in [1.82, 2.24) is 0 Å². The minimum atomic E-state index is -0.912. The molecule has 2 rings (SSSR count). The van der Waals surface area contributed by atoms with Gasteiger partial charge in [-0.25, -0.2) is 0 Å². The van der Waals surface area contributed by atoms with Crippen molar-refractivity contribution in [3.63, 3.8) is 0 Å². The van der Waals surface area contributed by atoms with Crippen molar-refractivity contribution in [2.75, 3.05) is 7.11 Å². The Labute approximate surface area is 114 Å². The molecule has 2 aliphatic carbocycles. The fourth-order valence-corrected chi connectivity index (χ4v) is 4.18. The van der Waals surface area contributed by atoms with Crippen LogP contribution in [0.3, 0.4) is 0 Å². The second kappa shape index (κ2) is 4.60. The number of fused-ring (bicyclic) bond motifs is 1. The molecule has 0 aromatic heterocycles. The van der Waals surface area contributed by atoms with E-state index in [4.69, 9.17) is 4.74 Å². The van der Waals surface area contributed by atoms with Crippen molar-refractivity contribution in [2.24, 2.45) is 16.7 Å². The van der Waals surface area contributed by atoms with Gasteiger partial charge in [0.1, 0.15) is 0 Å². The molecule has 0 aromatic rings. The van der Waals surface area contributed by atoms with Gasteiger partial charge >= 0.3 is 5.97 Å². The fourth-order valence-electron chi connectivity index (χ4n) is 4.18. The van der Waals surface area contributed by atoms with Crippen LogP contribution in [0.5, 0.6) is 0 Å². The summed E-state index contributed by atoms with van der Waals surface area (Å²) in [7, 11) is 1.36. The van der Waals surface area contributed by atoms with Gasteiger partial charge in [-0.05, 0) is 49.5 Å². The average Bonchev–Trinajstić information content (AvgIpc) is 2.39. The van der Waals surface area contributed by atoms with Crippen LogP contribution in [0.15, 0.2) is 12.2 Å². The molecular formula is C15H24O4. The largest absolute Gasteiger partial charge is 0.469 e. The van der Waals surface area contributed by atoms with Gasteiger partial charge in [-0.1, -0.05) is 13.5 Å². The molecule has 2 N–H and O–H groups in total. The van der Waals surface area contributed by atoms with Crippen molar-refractivity contribution in [3.05, 3.63) is 12.2 Å². The maximum atomic E-state index is 12.2. The van der Waals surface area contributed by atoms with Crippen LogP contribution >= 0.6 is 0 Å². The SMILES string of the molecule is C=C1[C@H](O)CCC2C(C)(C(=O)OC)[C@@H](O)CC[C@]12C. The minimum absolute atomic E-state index is 0.0351. The molecule has 0 aliphatic heterocycles. The first-order valence-electron chi connectivity index (χ1n) is 6.92. The zero-order chi connectivity index (χ0) is 14.4. The molecule has 108 valence electrons. The lowest BCUT2D eigenvalue weighted by atomic mass is 9.48. The summed E-state index contributed by atoms with van der Waals surface area (Å²) in [6.45, 7) is 7.88. The zero-order valence-corrected chi connectivity index (χ0v) is 12.0. The predicted octanol–water partition coefficient (Wildman–Crippen LogP) is 1.65. The fraction of sp³-hybridized carbons (Fsp3) is 0.800. The van der Waals surface area contributed by atoms with Crippen molar-refractivity contribution >= 4 is 5.97 Å². The number of ether oxygens (including phenoxy) is 1. The first kappa shape index (κ1) is 14.5. The Bertz CT molecular complexity index is 405. The van der Waals surface area contributed by atoms with Gasteiger partial charge in [0.25, 0.3) is 0 Å². The summed E-state index contributed by atoms with van der Waals surface area (Å²) in [5.41, 5.74) is -0.421. The Morgan fingerprint density at radius 3 is 2.53 bits per heavy atom. The molecule has 2 aliphatic rings. The number of rotatable bonds is 1. The van der Waals surface area contributed by atoms with Crippen molar-refractivity contribution in [2.45, 2.75) is 51.7 Å². The number of aliphatic hydroxyl groups excluding tert-OH is 2. The van der Waals surface area contributed by atoms with E-state index in [1.807, 2.05) is 0 Å². The highest BCUT2D eigenvalue weighted by Gasteiger charge is 2.60. The molecule has 0 aromatic carbocycles. The number of hydrogen-bond donors (Lipinski definition) is 2. The number of aliphatic hydroxyl groups is 2. The molecule has 19 heavy (non-hydrogen) atoms. The number of hydrogen-bond acceptors (Lipinski definition) is 4. The second-order valence-electron chi connectivity index (χ2n) is 6.42. The highest BCUT2D eigenvalue weighted by molar-refractivity contribution is 5.78. The molecular weight excluding hydrogens is 244 g/mol. The summed E-state index contributed by atoms with van der Waals surface area (Å²) < 4.78 is 4.93. The maximum absolute atomic E-state index is 12.2. The summed E-state index contributed by atoms with van der Waals surface area (Å²) in [4.78, 5) is 12.2. The van der Waals surface area contributed by atoms with Crippen LogP contribution < -0.4 is 0 Å². The standard InChI is InChI=1S/C15H24O4/c1-9-10(16)5-6-11-14(9,2)8-7-12(17)15(11,3)13(18)19-4/h10-12,16-17H,1,5-8H2,2-4H3/t10-,11?,12+,14-,15?/m1/s1. The van der Waals surface area contributed by atoms with Crippen LogP contribution in [-0.4, -0.2) is 35.5 Å². The molecule has 0 heterocycles. The van der Waals surface area contributed by atoms with Crippen LogP contribution in [0, 0.1) is 16.7 Å². The Morgan fingerprint density at radius 2 is 1.95 bits per heavy atom. The second-order valence-corrected chi connectivity index (χ2v) is 6.42. The van der Waals surface area contributed by atoms with Gasteiger partial charge < -0.3 is 14.9 Å². The van der Waals surface area contributed by atoms with Crippen LogP contribution in [0.2, 0.25) is 0 Å². The van der Waals surface area contributed by atoms with Gasteiger partial charge in [-0.3, -0.25) is 4.79 Å². The monoisotopic (exact) mass is 268 g/mol. The molecule has 4 nitrogen and oxygen atoms in total. The molecule has 2 unspecified atom stereocenters. The molecule has 0 radical (unpaired) electrons. The summed E-state index contributed by atoms with van der Waals surface area (Å²) in [5, 5.41) is 20.4. The van der Waals surface area contributed by atoms with E-state index in [0.29, 0.717) is 19.3 Å². The van der Waals surface area contributed by atoms with Gasteiger partial charge in [0.05, 0.1) is 24.7 Å². The van der Waals surface area contributed by atoms with Gasteiger partial charge in [0.15, 0.2) is 0 Å². The smallest absolute Gasteiger partial charge is 0.314 e. The Hall–Kier alpha value is -0.870. The summed E-state index contributed by atoms with van der Waals surface area (Å²) >= 11 is 0. The van der Waals surface area contributed by atoms with E-state index in [1.54, 1.807) is 6.92 Å². The van der Waals surface area contributed by atoms with Crippen LogP contribution in [0.25, 0.3) is 0 Å². The molecule has 2 saturated carbocycles. The highest BCUT2D eigenvalue weighted by Crippen LogP contribution is 2.59. The topological polar surface area (TPSA) is 66.8 Å². The summed E-state index contributed by atoms with van der Waals surface area (Å²) in [6.07, 6.45) is 1.39. The lowest BCUT2D eigenvalue weighted by Crippen LogP contribution is -2.58. The third kappa shape index (κ3) is 1.84. The first-order valence-corrected chi connectivity index (χ1v) is 6.92. The van der Waals surface area contributed by atoms with Crippen molar-refractivity contribution in [1.29, 1.82) is 0 Å². The van der Waals surface area contributed by atoms with E-state index >= 15 is 0 Å². The number of methoxy groups -OCH3 is 1. The van der Waals surface area contributed by atoms with Gasteiger partial charge in [-0.2, -0.15) is 0 Å². The molecule has 0 spiro atoms. The highest BCUT2D eigenvalue weighted by atomic mass is 16.5. The van der Waals surface area contributed by atoms with Gasteiger partial charge in [-0.15, -0.1) is 0 Å². The molecule has 4 heteroatoms. The minimum Gasteiger partial charge on any atom is -0.469 e. The third-order valence-corrected chi connectivity index (χ3v) is 5.61. The van der Waals surface area contributed by atoms with E-state index in [9.17, 15) is 15.0 Å². The van der Waals surface area contributed by atoms with Crippen LogP contribution in [0.4, 0.5) is 0 Å². The normalized spacial score (nSPS) is 46.6. The van der Waals surface area contributed by atoms with E-state index in [1.165, 1.54) is 7.11 Å². The van der Waals surface area contributed by atoms with Crippen LogP contribution in [-0.2, 0) is 9.53 Å². The first-order chi connectivity index (χ1) is 8.78. The third-order valence-electron chi connectivity index (χ3n) is 5.61. The van der Waals surface area contributed by atoms with Crippen molar-refractivity contribution < 1.29 is 19.7 Å². The average molecular weight is 268 g/mol. The van der Waals surface area contributed by atoms with Crippen molar-refractivity contribution in [3.8, 4) is 0 Å². The van der Waals surface area contributed by atoms with Crippen LogP contribution in [0.1, 0.15) is 39.5 Å². The lowest BCUT2D eigenvalue weighted by molar-refractivity contribution is -0.181. The quantitative estimate of drug-likeness (QED) is 0.560. The molecule has 0 bridgehead atoms. The van der Waals surface area contributed by atoms with E-state index in [0.717, 1.165) is 12.0 Å². The van der Waals surface area contributed by atoms with Gasteiger partial charge in [0.2, 0.25) is 0 Å². The lowest BCUT2D eigenvalue weighted by Gasteiger charge is -2.56. The predicted molar refractivity (Wildman–Crippen MR) is 71.3 cm³/mol. The number of esters is 1. The Kier molecular flexibility index (Phi) is 3.52. The molecule has 2 fully saturated rings. The number of carbonyl (C=O) groups excluding carboxylic acids is 1. The van der Waals surface area contributed by atoms with E-state index in [-0.39, 0.29) is 17.3 Å². The Balaban J connectivity index is 2.45.